The molecule has 5 heteroatoms. The molecule has 76 valence electrons. The van der Waals surface area contributed by atoms with E-state index in [0.717, 1.165) is 0 Å². The highest BCUT2D eigenvalue weighted by Gasteiger charge is 2.07. The number of nitrogens with zero attached hydrogens (tertiary/aromatic N) is 2. The maximum absolute atomic E-state index is 11.4. The first-order valence-electron chi connectivity index (χ1n) is 4.30. The zero-order valence-electron chi connectivity index (χ0n) is 8.19. The number of pyridine rings is 1. The van der Waals surface area contributed by atoms with Crippen molar-refractivity contribution in [2.75, 3.05) is 0 Å². The molecule has 0 atom stereocenters. The Kier molecular flexibility index (Phi) is 2.91. The molecule has 1 aromatic rings. The Hall–Kier alpha value is -1.78. The molecule has 0 saturated carbocycles. The second-order valence-corrected chi connectivity index (χ2v) is 2.90. The van der Waals surface area contributed by atoms with Gasteiger partial charge in [0.15, 0.2) is 5.84 Å². The first-order valence-corrected chi connectivity index (χ1v) is 4.30. The van der Waals surface area contributed by atoms with Gasteiger partial charge in [-0.15, -0.1) is 0 Å². The third-order valence-corrected chi connectivity index (χ3v) is 2.15. The molecular weight excluding hydrogens is 182 g/mol. The van der Waals surface area contributed by atoms with Crippen molar-refractivity contribution < 1.29 is 5.21 Å². The summed E-state index contributed by atoms with van der Waals surface area (Å²) in [6.45, 7) is 4.19. The molecular formula is C9H13N3O2. The van der Waals surface area contributed by atoms with E-state index in [0.29, 0.717) is 17.8 Å². The fourth-order valence-corrected chi connectivity index (χ4v) is 1.39. The van der Waals surface area contributed by atoms with Crippen molar-refractivity contribution in [3.05, 3.63) is 33.7 Å². The van der Waals surface area contributed by atoms with Crippen molar-refractivity contribution in [1.82, 2.24) is 4.57 Å². The highest BCUT2D eigenvalue weighted by molar-refractivity contribution is 5.97. The maximum Gasteiger partial charge on any atom is 0.250 e. The van der Waals surface area contributed by atoms with Crippen LogP contribution in [0.1, 0.15) is 18.2 Å². The summed E-state index contributed by atoms with van der Waals surface area (Å²) < 4.78 is 1.56. The molecule has 0 aliphatic heterocycles. The molecule has 0 bridgehead atoms. The molecule has 0 aromatic carbocycles. The summed E-state index contributed by atoms with van der Waals surface area (Å²) in [5, 5.41) is 11.4. The van der Waals surface area contributed by atoms with Crippen LogP contribution in [0.2, 0.25) is 0 Å². The lowest BCUT2D eigenvalue weighted by molar-refractivity contribution is 0.318. The normalized spacial score (nSPS) is 11.7. The zero-order chi connectivity index (χ0) is 10.7. The standard InChI is InChI=1S/C9H13N3O2/c1-3-12-6(2)7(9(10)11-14)4-5-8(12)13/h4-5,14H,3H2,1-2H3,(H2,10,11). The third-order valence-electron chi connectivity index (χ3n) is 2.15. The number of hydrogen-bond donors (Lipinski definition) is 2. The molecule has 3 N–H and O–H groups in total. The molecule has 1 aromatic heterocycles. The summed E-state index contributed by atoms with van der Waals surface area (Å²) >= 11 is 0. The van der Waals surface area contributed by atoms with Gasteiger partial charge in [-0.2, -0.15) is 0 Å². The Labute approximate surface area is 81.5 Å². The zero-order valence-corrected chi connectivity index (χ0v) is 8.19. The molecule has 0 aliphatic carbocycles. The average molecular weight is 195 g/mol. The number of amidine groups is 1. The lowest BCUT2D eigenvalue weighted by atomic mass is 10.2. The van der Waals surface area contributed by atoms with Crippen LogP contribution in [0.3, 0.4) is 0 Å². The molecule has 14 heavy (non-hydrogen) atoms. The first kappa shape index (κ1) is 10.3. The highest BCUT2D eigenvalue weighted by Crippen LogP contribution is 2.04. The topological polar surface area (TPSA) is 80.6 Å². The van der Waals surface area contributed by atoms with Crippen LogP contribution in [-0.2, 0) is 6.54 Å². The molecule has 5 nitrogen and oxygen atoms in total. The van der Waals surface area contributed by atoms with Gasteiger partial charge in [0.05, 0.1) is 0 Å². The lowest BCUT2D eigenvalue weighted by Crippen LogP contribution is -2.25. The van der Waals surface area contributed by atoms with E-state index in [1.54, 1.807) is 17.6 Å². The number of hydrogen-bond acceptors (Lipinski definition) is 3. The van der Waals surface area contributed by atoms with Crippen LogP contribution in [0.25, 0.3) is 0 Å². The van der Waals surface area contributed by atoms with Crippen LogP contribution in [0, 0.1) is 6.92 Å². The van der Waals surface area contributed by atoms with E-state index in [2.05, 4.69) is 5.16 Å². The lowest BCUT2D eigenvalue weighted by Gasteiger charge is -2.10. The molecule has 0 saturated heterocycles. The van der Waals surface area contributed by atoms with Crippen LogP contribution in [-0.4, -0.2) is 15.6 Å². The molecule has 1 rings (SSSR count). The van der Waals surface area contributed by atoms with Crippen molar-refractivity contribution >= 4 is 5.84 Å². The van der Waals surface area contributed by atoms with Gasteiger partial charge in [-0.3, -0.25) is 4.79 Å². The Bertz CT molecular complexity index is 421. The molecule has 0 spiro atoms. The summed E-state index contributed by atoms with van der Waals surface area (Å²) in [6.07, 6.45) is 0. The van der Waals surface area contributed by atoms with E-state index < -0.39 is 0 Å². The SMILES string of the molecule is CCn1c(C)c(/C(N)=N/O)ccc1=O. The fourth-order valence-electron chi connectivity index (χ4n) is 1.39. The van der Waals surface area contributed by atoms with E-state index in [-0.39, 0.29) is 11.4 Å². The van der Waals surface area contributed by atoms with Crippen molar-refractivity contribution in [3.8, 4) is 0 Å². The molecule has 0 unspecified atom stereocenters. The van der Waals surface area contributed by atoms with Gasteiger partial charge in [0.1, 0.15) is 0 Å². The second kappa shape index (κ2) is 3.95. The number of nitrogens with two attached hydrogens (primary N) is 1. The van der Waals surface area contributed by atoms with Gasteiger partial charge in [-0.25, -0.2) is 0 Å². The van der Waals surface area contributed by atoms with Crippen molar-refractivity contribution in [3.63, 3.8) is 0 Å². The van der Waals surface area contributed by atoms with Gasteiger partial charge in [0.25, 0.3) is 5.56 Å². The predicted octanol–water partition coefficient (Wildman–Crippen LogP) is 0.271. The predicted molar refractivity (Wildman–Crippen MR) is 53.6 cm³/mol. The van der Waals surface area contributed by atoms with Gasteiger partial charge < -0.3 is 15.5 Å². The van der Waals surface area contributed by atoms with Gasteiger partial charge in [0.2, 0.25) is 0 Å². The number of oxime groups is 1. The van der Waals surface area contributed by atoms with E-state index >= 15 is 0 Å². The summed E-state index contributed by atoms with van der Waals surface area (Å²) in [4.78, 5) is 11.4. The molecule has 0 amide bonds. The maximum atomic E-state index is 11.4. The summed E-state index contributed by atoms with van der Waals surface area (Å²) in [5.74, 6) is 0.0182. The monoisotopic (exact) mass is 195 g/mol. The van der Waals surface area contributed by atoms with Crippen molar-refractivity contribution in [2.45, 2.75) is 20.4 Å². The molecule has 0 fully saturated rings. The Balaban J connectivity index is 3.43. The van der Waals surface area contributed by atoms with Crippen LogP contribution in [0.4, 0.5) is 0 Å². The first-order chi connectivity index (χ1) is 6.61. The molecule has 0 radical (unpaired) electrons. The van der Waals surface area contributed by atoms with Gasteiger partial charge in [-0.05, 0) is 19.9 Å². The summed E-state index contributed by atoms with van der Waals surface area (Å²) in [5.41, 5.74) is 6.65. The Morgan fingerprint density at radius 3 is 2.79 bits per heavy atom. The fraction of sp³-hybridized carbons (Fsp3) is 0.333. The number of aromatic nitrogens is 1. The van der Waals surface area contributed by atoms with Crippen molar-refractivity contribution in [1.29, 1.82) is 0 Å². The molecule has 0 aliphatic rings. The van der Waals surface area contributed by atoms with Crippen LogP contribution in [0.15, 0.2) is 22.1 Å². The van der Waals surface area contributed by atoms with Gasteiger partial charge in [-0.1, -0.05) is 5.16 Å². The Morgan fingerprint density at radius 1 is 1.64 bits per heavy atom. The Morgan fingerprint density at radius 2 is 2.29 bits per heavy atom. The smallest absolute Gasteiger partial charge is 0.250 e. The summed E-state index contributed by atoms with van der Waals surface area (Å²) in [6, 6.07) is 2.96. The number of rotatable bonds is 2. The van der Waals surface area contributed by atoms with Crippen LogP contribution < -0.4 is 11.3 Å². The van der Waals surface area contributed by atoms with E-state index in [4.69, 9.17) is 10.9 Å². The van der Waals surface area contributed by atoms with E-state index in [1.165, 1.54) is 6.07 Å². The minimum Gasteiger partial charge on any atom is -0.409 e. The van der Waals surface area contributed by atoms with Crippen LogP contribution >= 0.6 is 0 Å². The highest BCUT2D eigenvalue weighted by atomic mass is 16.4. The van der Waals surface area contributed by atoms with Gasteiger partial charge in [0, 0.05) is 23.9 Å². The quantitative estimate of drug-likeness (QED) is 0.307. The van der Waals surface area contributed by atoms with Gasteiger partial charge >= 0.3 is 0 Å². The summed E-state index contributed by atoms with van der Waals surface area (Å²) in [7, 11) is 0. The minimum absolute atomic E-state index is 0.0182. The van der Waals surface area contributed by atoms with Crippen molar-refractivity contribution in [2.24, 2.45) is 10.9 Å². The molecule has 1 heterocycles. The largest absolute Gasteiger partial charge is 0.409 e. The van der Waals surface area contributed by atoms with Crippen LogP contribution in [0.5, 0.6) is 0 Å². The van der Waals surface area contributed by atoms with E-state index in [9.17, 15) is 4.79 Å². The minimum atomic E-state index is -0.0838. The average Bonchev–Trinajstić information content (AvgIpc) is 2.18. The third kappa shape index (κ3) is 1.61. The second-order valence-electron chi connectivity index (χ2n) is 2.90. The van der Waals surface area contributed by atoms with E-state index in [1.807, 2.05) is 6.92 Å².